The third kappa shape index (κ3) is 8.27. The van der Waals surface area contributed by atoms with Gasteiger partial charge in [-0.25, -0.2) is 4.79 Å². The van der Waals surface area contributed by atoms with Crippen molar-refractivity contribution < 1.29 is 13.9 Å². The lowest BCUT2D eigenvalue weighted by Gasteiger charge is -2.33. The van der Waals surface area contributed by atoms with E-state index in [-0.39, 0.29) is 30.1 Å². The van der Waals surface area contributed by atoms with Crippen LogP contribution < -0.4 is 10.6 Å². The number of amides is 1. The molecule has 29 heavy (non-hydrogen) atoms. The Balaban J connectivity index is 0.00000300. The summed E-state index contributed by atoms with van der Waals surface area (Å²) in [6, 6.07) is 4.68. The van der Waals surface area contributed by atoms with Crippen molar-refractivity contribution in [3.8, 4) is 0 Å². The van der Waals surface area contributed by atoms with Crippen LogP contribution in [-0.2, 0) is 11.2 Å². The molecule has 3 heterocycles. The highest BCUT2D eigenvalue weighted by molar-refractivity contribution is 14.0. The summed E-state index contributed by atoms with van der Waals surface area (Å²) in [5, 5.41) is 7.21. The van der Waals surface area contributed by atoms with Gasteiger partial charge >= 0.3 is 6.09 Å². The third-order valence-corrected chi connectivity index (χ3v) is 6.29. The Morgan fingerprint density at radius 1 is 1.31 bits per heavy atom. The average molecular weight is 536 g/mol. The molecule has 1 amide bonds. The first-order valence-corrected chi connectivity index (χ1v) is 11.5. The maximum Gasteiger partial charge on any atom is 0.409 e. The Kier molecular flexibility index (Phi) is 11.0. The Bertz CT molecular complexity index is 615. The topological polar surface area (TPSA) is 79.1 Å². The van der Waals surface area contributed by atoms with E-state index in [0.717, 1.165) is 49.8 Å². The van der Waals surface area contributed by atoms with Crippen molar-refractivity contribution in [2.75, 3.05) is 37.7 Å². The highest BCUT2D eigenvalue weighted by Crippen LogP contribution is 2.17. The van der Waals surface area contributed by atoms with E-state index in [1.807, 2.05) is 30.8 Å². The first-order valence-electron chi connectivity index (χ1n) is 10.3. The lowest BCUT2D eigenvalue weighted by atomic mass is 10.1. The summed E-state index contributed by atoms with van der Waals surface area (Å²) in [6.45, 7) is 4.38. The van der Waals surface area contributed by atoms with E-state index in [1.165, 1.54) is 18.6 Å². The number of halogens is 1. The molecule has 2 aliphatic rings. The molecule has 1 aromatic rings. The first kappa shape index (κ1) is 24.2. The third-order valence-electron chi connectivity index (χ3n) is 5.07. The number of piperidine rings is 1. The number of aliphatic imine (C=N–C) groups is 1. The summed E-state index contributed by atoms with van der Waals surface area (Å²) < 4.78 is 10.5. The molecule has 1 unspecified atom stereocenters. The van der Waals surface area contributed by atoms with Crippen molar-refractivity contribution >= 4 is 47.8 Å². The molecule has 9 heteroatoms. The molecule has 164 valence electrons. The standard InChI is InChI=1S/C20H32N4O3S.HI/c1-2-26-20(25)24-11-8-16(9-12-24)22-19(23-17-5-4-14-28-15-17)21-10-7-18-6-3-13-27-18;/h3,6,13,16-17H,2,4-5,7-12,14-15H2,1H3,(H2,21,22,23);1H. The number of thioether (sulfide) groups is 1. The van der Waals surface area contributed by atoms with E-state index in [2.05, 4.69) is 10.6 Å². The second kappa shape index (κ2) is 13.3. The minimum absolute atomic E-state index is 0. The number of guanidine groups is 1. The minimum atomic E-state index is -0.203. The molecule has 0 saturated carbocycles. The highest BCUT2D eigenvalue weighted by Gasteiger charge is 2.25. The average Bonchev–Trinajstić information content (AvgIpc) is 3.23. The van der Waals surface area contributed by atoms with Crippen LogP contribution in [0.5, 0.6) is 0 Å². The first-order chi connectivity index (χ1) is 13.7. The fourth-order valence-electron chi connectivity index (χ4n) is 3.53. The zero-order chi connectivity index (χ0) is 19.6. The number of rotatable bonds is 6. The van der Waals surface area contributed by atoms with Crippen LogP contribution in [0.25, 0.3) is 0 Å². The lowest BCUT2D eigenvalue weighted by molar-refractivity contribution is 0.0963. The zero-order valence-electron chi connectivity index (χ0n) is 17.1. The SMILES string of the molecule is CCOC(=O)N1CCC(NC(=NCCc2ccco2)NC2CCCSC2)CC1.I. The quantitative estimate of drug-likeness (QED) is 0.329. The van der Waals surface area contributed by atoms with Crippen molar-refractivity contribution in [1.82, 2.24) is 15.5 Å². The van der Waals surface area contributed by atoms with E-state index < -0.39 is 0 Å². The van der Waals surface area contributed by atoms with Gasteiger partial charge in [0.05, 0.1) is 12.9 Å². The lowest BCUT2D eigenvalue weighted by Crippen LogP contribution is -2.52. The molecule has 0 aromatic carbocycles. The van der Waals surface area contributed by atoms with Crippen LogP contribution in [0.2, 0.25) is 0 Å². The van der Waals surface area contributed by atoms with Crippen molar-refractivity contribution in [2.45, 2.75) is 51.1 Å². The molecular formula is C20H33IN4O3S. The number of nitrogens with one attached hydrogen (secondary N) is 2. The summed E-state index contributed by atoms with van der Waals surface area (Å²) in [5.74, 6) is 4.22. The van der Waals surface area contributed by atoms with Gasteiger partial charge in [0.25, 0.3) is 0 Å². The van der Waals surface area contributed by atoms with Crippen LogP contribution in [0.3, 0.4) is 0 Å². The Labute approximate surface area is 194 Å². The van der Waals surface area contributed by atoms with E-state index in [0.29, 0.717) is 25.2 Å². The van der Waals surface area contributed by atoms with Crippen LogP contribution in [0.1, 0.15) is 38.4 Å². The van der Waals surface area contributed by atoms with Crippen LogP contribution in [0.15, 0.2) is 27.8 Å². The normalized spacial score (nSPS) is 20.7. The summed E-state index contributed by atoms with van der Waals surface area (Å²) in [7, 11) is 0. The second-order valence-corrected chi connectivity index (χ2v) is 8.37. The summed E-state index contributed by atoms with van der Waals surface area (Å²) in [5.41, 5.74) is 0. The van der Waals surface area contributed by atoms with E-state index >= 15 is 0 Å². The highest BCUT2D eigenvalue weighted by atomic mass is 127. The van der Waals surface area contributed by atoms with Crippen molar-refractivity contribution in [3.05, 3.63) is 24.2 Å². The smallest absolute Gasteiger partial charge is 0.409 e. The van der Waals surface area contributed by atoms with Gasteiger partial charge in [-0.1, -0.05) is 0 Å². The van der Waals surface area contributed by atoms with Crippen molar-refractivity contribution in [2.24, 2.45) is 4.99 Å². The number of furan rings is 1. The van der Waals surface area contributed by atoms with Gasteiger partial charge in [0.2, 0.25) is 0 Å². The maximum absolute atomic E-state index is 11.9. The molecule has 0 aliphatic carbocycles. The number of carbonyl (C=O) groups is 1. The number of carbonyl (C=O) groups excluding carboxylic acids is 1. The van der Waals surface area contributed by atoms with Crippen LogP contribution >= 0.6 is 35.7 Å². The van der Waals surface area contributed by atoms with E-state index in [1.54, 1.807) is 11.2 Å². The van der Waals surface area contributed by atoms with Gasteiger partial charge in [-0.2, -0.15) is 11.8 Å². The molecule has 3 rings (SSSR count). The van der Waals surface area contributed by atoms with Crippen LogP contribution in [-0.4, -0.2) is 66.8 Å². The van der Waals surface area contributed by atoms with Crippen LogP contribution in [0, 0.1) is 0 Å². The molecular weight excluding hydrogens is 503 g/mol. The number of hydrogen-bond acceptors (Lipinski definition) is 5. The maximum atomic E-state index is 11.9. The zero-order valence-corrected chi connectivity index (χ0v) is 20.2. The summed E-state index contributed by atoms with van der Waals surface area (Å²) >= 11 is 2.00. The van der Waals surface area contributed by atoms with E-state index in [4.69, 9.17) is 14.1 Å². The summed E-state index contributed by atoms with van der Waals surface area (Å²) in [6.07, 6.45) is 6.53. The number of ether oxygens (including phenoxy) is 1. The van der Waals surface area contributed by atoms with Crippen molar-refractivity contribution in [1.29, 1.82) is 0 Å². The number of nitrogens with zero attached hydrogens (tertiary/aromatic N) is 2. The molecule has 7 nitrogen and oxygen atoms in total. The molecule has 0 spiro atoms. The predicted molar refractivity (Wildman–Crippen MR) is 128 cm³/mol. The Morgan fingerprint density at radius 2 is 2.10 bits per heavy atom. The summed E-state index contributed by atoms with van der Waals surface area (Å²) in [4.78, 5) is 18.5. The molecule has 0 bridgehead atoms. The van der Waals surface area contributed by atoms with E-state index in [9.17, 15) is 4.79 Å². The van der Waals surface area contributed by atoms with Gasteiger partial charge in [0.15, 0.2) is 5.96 Å². The Hall–Kier alpha value is -1.10. The molecule has 1 atom stereocenters. The number of hydrogen-bond donors (Lipinski definition) is 2. The molecule has 0 radical (unpaired) electrons. The van der Waals surface area contributed by atoms with Gasteiger partial charge in [0, 0.05) is 43.9 Å². The number of likely N-dealkylation sites (tertiary alicyclic amines) is 1. The minimum Gasteiger partial charge on any atom is -0.469 e. The molecule has 2 fully saturated rings. The van der Waals surface area contributed by atoms with Gasteiger partial charge in [-0.3, -0.25) is 4.99 Å². The molecule has 2 saturated heterocycles. The van der Waals surface area contributed by atoms with Gasteiger partial charge in [-0.15, -0.1) is 24.0 Å². The van der Waals surface area contributed by atoms with Gasteiger partial charge in [-0.05, 0) is 50.5 Å². The largest absolute Gasteiger partial charge is 0.469 e. The Morgan fingerprint density at radius 3 is 2.76 bits per heavy atom. The predicted octanol–water partition coefficient (Wildman–Crippen LogP) is 3.49. The molecule has 1 aromatic heterocycles. The fourth-order valence-corrected chi connectivity index (χ4v) is 4.60. The second-order valence-electron chi connectivity index (χ2n) is 7.22. The van der Waals surface area contributed by atoms with Gasteiger partial charge < -0.3 is 24.7 Å². The van der Waals surface area contributed by atoms with Gasteiger partial charge in [0.1, 0.15) is 5.76 Å². The molecule has 2 N–H and O–H groups in total. The monoisotopic (exact) mass is 536 g/mol. The molecule has 2 aliphatic heterocycles. The fraction of sp³-hybridized carbons (Fsp3) is 0.700. The van der Waals surface area contributed by atoms with Crippen LogP contribution in [0.4, 0.5) is 4.79 Å². The van der Waals surface area contributed by atoms with Crippen molar-refractivity contribution in [3.63, 3.8) is 0 Å².